The van der Waals surface area contributed by atoms with Gasteiger partial charge in [-0.2, -0.15) is 5.10 Å². The second-order valence-electron chi connectivity index (χ2n) is 9.26. The maximum Gasteiger partial charge on any atom is 0.264 e. The SMILES string of the molecule is COc1ccc(S(=O)(=O)N(CC(=O)N/N=C\c2ccc(OCC(=O)NC[C@@H]3CCCO3)cc2)c2cccc(Cl)c2)cc1. The number of hydrazone groups is 1. The standard InChI is InChI=1S/C29H31ClN4O7S/c1-39-24-11-13-27(14-12-24)42(37,38)34(23-5-2-4-22(30)16-23)19-28(35)33-32-17-21-7-9-25(10-8-21)41-20-29(36)31-18-26-6-3-15-40-26/h2,4-5,7-14,16-17,26H,3,6,15,18-20H2,1H3,(H,31,36)(H,33,35)/b32-17-/t26-/m0/s1. The number of carbonyl (C=O) groups excluding carboxylic acids is 2. The number of methoxy groups -OCH3 is 1. The lowest BCUT2D eigenvalue weighted by Crippen LogP contribution is -2.39. The molecule has 3 aromatic rings. The average molecular weight is 615 g/mol. The van der Waals surface area contributed by atoms with Gasteiger partial charge in [0.25, 0.3) is 21.8 Å². The Morgan fingerprint density at radius 3 is 2.48 bits per heavy atom. The van der Waals surface area contributed by atoms with Crippen molar-refractivity contribution in [2.45, 2.75) is 23.8 Å². The molecule has 3 aromatic carbocycles. The van der Waals surface area contributed by atoms with Crippen molar-refractivity contribution in [3.8, 4) is 11.5 Å². The van der Waals surface area contributed by atoms with Crippen molar-refractivity contribution in [3.05, 3.63) is 83.4 Å². The summed E-state index contributed by atoms with van der Waals surface area (Å²) >= 11 is 6.10. The van der Waals surface area contributed by atoms with Gasteiger partial charge in [0.15, 0.2) is 6.61 Å². The van der Waals surface area contributed by atoms with Crippen LogP contribution >= 0.6 is 11.6 Å². The van der Waals surface area contributed by atoms with E-state index >= 15 is 0 Å². The summed E-state index contributed by atoms with van der Waals surface area (Å²) in [7, 11) is -2.66. The number of anilines is 1. The van der Waals surface area contributed by atoms with Gasteiger partial charge in [0.05, 0.1) is 30.0 Å². The molecule has 1 aliphatic heterocycles. The first-order valence-electron chi connectivity index (χ1n) is 13.1. The third-order valence-corrected chi connectivity index (χ3v) is 8.26. The highest BCUT2D eigenvalue weighted by atomic mass is 35.5. The second-order valence-corrected chi connectivity index (χ2v) is 11.6. The topological polar surface area (TPSA) is 136 Å². The summed E-state index contributed by atoms with van der Waals surface area (Å²) < 4.78 is 44.0. The molecule has 0 spiro atoms. The molecule has 4 rings (SSSR count). The Bertz CT molecular complexity index is 1490. The minimum Gasteiger partial charge on any atom is -0.497 e. The number of halogens is 1. The molecule has 1 aliphatic rings. The van der Waals surface area contributed by atoms with Crippen LogP contribution in [0, 0.1) is 0 Å². The lowest BCUT2D eigenvalue weighted by atomic mass is 10.2. The number of hydrogen-bond donors (Lipinski definition) is 2. The summed E-state index contributed by atoms with van der Waals surface area (Å²) in [6.07, 6.45) is 3.40. The maximum absolute atomic E-state index is 13.5. The van der Waals surface area contributed by atoms with Crippen LogP contribution in [-0.4, -0.2) is 66.0 Å². The summed E-state index contributed by atoms with van der Waals surface area (Å²) in [6.45, 7) is 0.518. The summed E-state index contributed by atoms with van der Waals surface area (Å²) in [5.74, 6) is 0.0758. The first-order valence-corrected chi connectivity index (χ1v) is 14.9. The molecule has 42 heavy (non-hydrogen) atoms. The van der Waals surface area contributed by atoms with E-state index in [1.165, 1.54) is 43.7 Å². The first-order chi connectivity index (χ1) is 20.2. The number of sulfonamides is 1. The van der Waals surface area contributed by atoms with Gasteiger partial charge < -0.3 is 19.5 Å². The van der Waals surface area contributed by atoms with Crippen LogP contribution in [0.1, 0.15) is 18.4 Å². The molecule has 222 valence electrons. The van der Waals surface area contributed by atoms with Crippen molar-refractivity contribution in [2.75, 3.05) is 37.7 Å². The molecule has 0 saturated carbocycles. The van der Waals surface area contributed by atoms with Crippen LogP contribution in [-0.2, 0) is 24.3 Å². The summed E-state index contributed by atoms with van der Waals surface area (Å²) in [5.41, 5.74) is 3.21. The Hall–Kier alpha value is -4.13. The molecule has 11 nitrogen and oxygen atoms in total. The largest absolute Gasteiger partial charge is 0.497 e. The Labute approximate surface area is 249 Å². The summed E-state index contributed by atoms with van der Waals surface area (Å²) in [5, 5.41) is 7.05. The van der Waals surface area contributed by atoms with Crippen LogP contribution in [0.15, 0.2) is 82.8 Å². The third-order valence-electron chi connectivity index (χ3n) is 6.23. The fourth-order valence-corrected chi connectivity index (χ4v) is 5.65. The van der Waals surface area contributed by atoms with Gasteiger partial charge >= 0.3 is 0 Å². The van der Waals surface area contributed by atoms with Crippen molar-refractivity contribution >= 4 is 45.3 Å². The minimum absolute atomic E-state index is 0.0257. The van der Waals surface area contributed by atoms with Crippen LogP contribution in [0.25, 0.3) is 0 Å². The number of ether oxygens (including phenoxy) is 3. The molecule has 2 amide bonds. The van der Waals surface area contributed by atoms with Crippen molar-refractivity contribution < 1.29 is 32.2 Å². The van der Waals surface area contributed by atoms with Crippen LogP contribution in [0.4, 0.5) is 5.69 Å². The number of carbonyl (C=O) groups is 2. The van der Waals surface area contributed by atoms with E-state index < -0.39 is 22.5 Å². The molecule has 2 N–H and O–H groups in total. The monoisotopic (exact) mass is 614 g/mol. The molecule has 0 radical (unpaired) electrons. The Morgan fingerprint density at radius 1 is 1.07 bits per heavy atom. The van der Waals surface area contributed by atoms with Gasteiger partial charge in [-0.3, -0.25) is 13.9 Å². The third kappa shape index (κ3) is 8.68. The molecule has 1 heterocycles. The number of nitrogens with one attached hydrogen (secondary N) is 2. The van der Waals surface area contributed by atoms with E-state index in [1.54, 1.807) is 42.5 Å². The highest BCUT2D eigenvalue weighted by Crippen LogP contribution is 2.27. The number of rotatable bonds is 13. The van der Waals surface area contributed by atoms with Gasteiger partial charge in [-0.1, -0.05) is 17.7 Å². The Kier molecular flexibility index (Phi) is 10.8. The van der Waals surface area contributed by atoms with Crippen molar-refractivity contribution in [1.82, 2.24) is 10.7 Å². The summed E-state index contributed by atoms with van der Waals surface area (Å²) in [6, 6.07) is 18.7. The lowest BCUT2D eigenvalue weighted by molar-refractivity contribution is -0.123. The van der Waals surface area contributed by atoms with Crippen molar-refractivity contribution in [2.24, 2.45) is 5.10 Å². The van der Waals surface area contributed by atoms with E-state index in [1.807, 2.05) is 0 Å². The average Bonchev–Trinajstić information content (AvgIpc) is 3.52. The first kappa shape index (κ1) is 30.8. The highest BCUT2D eigenvalue weighted by Gasteiger charge is 2.27. The normalized spacial score (nSPS) is 14.9. The number of hydrogen-bond acceptors (Lipinski definition) is 8. The van der Waals surface area contributed by atoms with E-state index in [4.69, 9.17) is 25.8 Å². The maximum atomic E-state index is 13.5. The minimum atomic E-state index is -4.13. The van der Waals surface area contributed by atoms with Gasteiger partial charge in [0, 0.05) is 18.2 Å². The van der Waals surface area contributed by atoms with Gasteiger partial charge in [-0.15, -0.1) is 0 Å². The number of nitrogens with zero attached hydrogens (tertiary/aromatic N) is 2. The van der Waals surface area contributed by atoms with Crippen molar-refractivity contribution in [3.63, 3.8) is 0 Å². The quantitative estimate of drug-likeness (QED) is 0.223. The number of amides is 2. The van der Waals surface area contributed by atoms with Crippen molar-refractivity contribution in [1.29, 1.82) is 0 Å². The lowest BCUT2D eigenvalue weighted by Gasteiger charge is -2.24. The van der Waals surface area contributed by atoms with E-state index in [0.717, 1.165) is 23.8 Å². The fraction of sp³-hybridized carbons (Fsp3) is 0.276. The van der Waals surface area contributed by atoms with Gasteiger partial charge in [-0.05, 0) is 85.1 Å². The molecular formula is C29H31ClN4O7S. The highest BCUT2D eigenvalue weighted by molar-refractivity contribution is 7.92. The molecule has 1 atom stereocenters. The van der Waals surface area contributed by atoms with E-state index in [0.29, 0.717) is 28.6 Å². The zero-order valence-electron chi connectivity index (χ0n) is 22.9. The molecular weight excluding hydrogens is 584 g/mol. The summed E-state index contributed by atoms with van der Waals surface area (Å²) in [4.78, 5) is 24.7. The van der Waals surface area contributed by atoms with Crippen LogP contribution in [0.3, 0.4) is 0 Å². The van der Waals surface area contributed by atoms with Crippen LogP contribution < -0.4 is 24.5 Å². The van der Waals surface area contributed by atoms with Gasteiger partial charge in [0.2, 0.25) is 0 Å². The Balaban J connectivity index is 1.33. The zero-order valence-corrected chi connectivity index (χ0v) is 24.4. The molecule has 0 aliphatic carbocycles. The molecule has 0 unspecified atom stereocenters. The van der Waals surface area contributed by atoms with Crippen LogP contribution in [0.2, 0.25) is 5.02 Å². The molecule has 1 saturated heterocycles. The van der Waals surface area contributed by atoms with Crippen LogP contribution in [0.5, 0.6) is 11.5 Å². The predicted octanol–water partition coefficient (Wildman–Crippen LogP) is 3.37. The Morgan fingerprint density at radius 2 is 1.81 bits per heavy atom. The fourth-order valence-electron chi connectivity index (χ4n) is 4.05. The molecule has 0 aromatic heterocycles. The predicted molar refractivity (Wildman–Crippen MR) is 159 cm³/mol. The second kappa shape index (κ2) is 14.7. The van der Waals surface area contributed by atoms with E-state index in [2.05, 4.69) is 15.8 Å². The molecule has 0 bridgehead atoms. The van der Waals surface area contributed by atoms with E-state index in [-0.39, 0.29) is 29.2 Å². The van der Waals surface area contributed by atoms with Gasteiger partial charge in [0.1, 0.15) is 18.0 Å². The molecule has 13 heteroatoms. The van der Waals surface area contributed by atoms with Gasteiger partial charge in [-0.25, -0.2) is 13.8 Å². The smallest absolute Gasteiger partial charge is 0.264 e. The molecule has 1 fully saturated rings. The zero-order chi connectivity index (χ0) is 30.0. The number of benzene rings is 3. The van der Waals surface area contributed by atoms with E-state index in [9.17, 15) is 18.0 Å².